The number of hydrogen-bond acceptors (Lipinski definition) is 6. The van der Waals surface area contributed by atoms with Gasteiger partial charge in [-0.3, -0.25) is 14.8 Å². The number of carbonyl (C=O) groups is 1. The first kappa shape index (κ1) is 22.9. The Morgan fingerprint density at radius 2 is 1.62 bits per heavy atom. The summed E-state index contributed by atoms with van der Waals surface area (Å²) in [7, 11) is 14.8. The minimum atomic E-state index is -1.75. The van der Waals surface area contributed by atoms with Crippen molar-refractivity contribution < 1.29 is 22.5 Å². The van der Waals surface area contributed by atoms with Crippen molar-refractivity contribution in [3.63, 3.8) is 0 Å². The molecule has 6 nitrogen and oxygen atoms in total. The molecule has 0 aliphatic rings. The molecular formula is C19H12Cl3N4O2Ru. The molecule has 3 aromatic heterocycles. The van der Waals surface area contributed by atoms with E-state index in [1.165, 1.54) is 6.08 Å². The summed E-state index contributed by atoms with van der Waals surface area (Å²) >= 11 is -1.75. The van der Waals surface area contributed by atoms with E-state index in [1.807, 2.05) is 36.4 Å². The van der Waals surface area contributed by atoms with Crippen LogP contribution in [-0.4, -0.2) is 21.4 Å². The Kier molecular flexibility index (Phi) is 9.69. The van der Waals surface area contributed by atoms with E-state index in [2.05, 4.69) is 19.7 Å². The van der Waals surface area contributed by atoms with Crippen molar-refractivity contribution in [2.75, 3.05) is 0 Å². The van der Waals surface area contributed by atoms with Gasteiger partial charge in [0.1, 0.15) is 6.07 Å². The molecule has 0 spiro atoms. The van der Waals surface area contributed by atoms with E-state index in [-0.39, 0.29) is 12.2 Å². The second kappa shape index (κ2) is 12.3. The van der Waals surface area contributed by atoms with Crippen LogP contribution >= 0.6 is 29.1 Å². The fourth-order valence-electron chi connectivity index (χ4n) is 2.21. The predicted octanol–water partition coefficient (Wildman–Crippen LogP) is 5.31. The Labute approximate surface area is 184 Å². The molecule has 0 unspecified atom stereocenters. The molecule has 3 aromatic rings. The normalized spacial score (nSPS) is 10.8. The topological polar surface area (TPSA) is 88.8 Å². The third-order valence-electron chi connectivity index (χ3n) is 3.31. The van der Waals surface area contributed by atoms with Gasteiger partial charge in [0.05, 0.1) is 22.8 Å². The van der Waals surface area contributed by atoms with Gasteiger partial charge in [-0.1, -0.05) is 12.1 Å². The first-order valence-corrected chi connectivity index (χ1v) is 14.5. The van der Waals surface area contributed by atoms with E-state index in [4.69, 9.17) is 34.3 Å². The number of aromatic nitrogens is 3. The molecule has 3 rings (SSSR count). The van der Waals surface area contributed by atoms with Crippen molar-refractivity contribution in [3.05, 3.63) is 72.2 Å². The van der Waals surface area contributed by atoms with Crippen LogP contribution in [0.3, 0.4) is 0 Å². The molecule has 149 valence electrons. The van der Waals surface area contributed by atoms with Crippen LogP contribution in [0.2, 0.25) is 0 Å². The number of hydrogen-bond donors (Lipinski definition) is 0. The molecule has 0 radical (unpaired) electrons. The number of nitrogens with zero attached hydrogens (tertiary/aromatic N) is 4. The fraction of sp³-hybridized carbons (Fsp3) is 0. The molecule has 0 saturated heterocycles. The van der Waals surface area contributed by atoms with E-state index >= 15 is 0 Å². The van der Waals surface area contributed by atoms with Crippen LogP contribution in [0.4, 0.5) is 0 Å². The van der Waals surface area contributed by atoms with Crippen molar-refractivity contribution in [1.82, 2.24) is 15.0 Å². The zero-order valence-corrected chi connectivity index (χ0v) is 18.5. The third-order valence-corrected chi connectivity index (χ3v) is 3.31. The van der Waals surface area contributed by atoms with Crippen LogP contribution in [0.1, 0.15) is 5.56 Å². The van der Waals surface area contributed by atoms with Crippen molar-refractivity contribution in [2.45, 2.75) is 0 Å². The number of ether oxygens (including phenoxy) is 1. The fourth-order valence-corrected chi connectivity index (χ4v) is 2.21. The second-order valence-electron chi connectivity index (χ2n) is 5.08. The van der Waals surface area contributed by atoms with Gasteiger partial charge in [0.2, 0.25) is 5.76 Å². The summed E-state index contributed by atoms with van der Waals surface area (Å²) in [5, 5.41) is 8.93. The van der Waals surface area contributed by atoms with E-state index in [0.29, 0.717) is 17.0 Å². The first-order chi connectivity index (χ1) is 14.0. The van der Waals surface area contributed by atoms with Gasteiger partial charge in [0.15, 0.2) is 0 Å². The molecule has 0 fully saturated rings. The van der Waals surface area contributed by atoms with Crippen LogP contribution < -0.4 is 0 Å². The summed E-state index contributed by atoms with van der Waals surface area (Å²) < 4.78 is 4.59. The van der Waals surface area contributed by atoms with Crippen LogP contribution in [0.25, 0.3) is 28.9 Å². The van der Waals surface area contributed by atoms with E-state index < -0.39 is 13.0 Å². The molecule has 0 N–H and O–H groups in total. The van der Waals surface area contributed by atoms with E-state index in [0.717, 1.165) is 11.4 Å². The SMILES string of the molecule is N#C/C(=C\c1ccnc(-c2cccc(-c3ccccn3)n2)c1)OC=O.[Cl][Ru]([Cl])[Cl]. The molecule has 0 aliphatic carbocycles. The summed E-state index contributed by atoms with van der Waals surface area (Å²) in [6.45, 7) is 0.217. The second-order valence-corrected chi connectivity index (χ2v) is 13.0. The number of rotatable bonds is 5. The Morgan fingerprint density at radius 3 is 2.24 bits per heavy atom. The zero-order valence-electron chi connectivity index (χ0n) is 14.5. The van der Waals surface area contributed by atoms with Gasteiger partial charge in [-0.2, -0.15) is 5.26 Å². The third kappa shape index (κ3) is 7.88. The Hall–Kier alpha value is -2.36. The molecule has 0 saturated carbocycles. The summed E-state index contributed by atoms with van der Waals surface area (Å²) in [6, 6.07) is 16.5. The molecule has 10 heteroatoms. The van der Waals surface area contributed by atoms with Crippen LogP contribution in [0.15, 0.2) is 66.7 Å². The number of carbonyl (C=O) groups excluding carboxylic acids is 1. The van der Waals surface area contributed by atoms with Gasteiger partial charge >= 0.3 is 42.1 Å². The van der Waals surface area contributed by atoms with Crippen LogP contribution in [-0.2, 0) is 22.5 Å². The molecule has 0 bridgehead atoms. The quantitative estimate of drug-likeness (QED) is 0.190. The predicted molar refractivity (Wildman–Crippen MR) is 109 cm³/mol. The Bertz CT molecular complexity index is 1020. The van der Waals surface area contributed by atoms with E-state index in [9.17, 15) is 4.79 Å². The van der Waals surface area contributed by atoms with Gasteiger partial charge in [0.25, 0.3) is 6.47 Å². The van der Waals surface area contributed by atoms with Crippen molar-refractivity contribution in [1.29, 1.82) is 5.26 Å². The zero-order chi connectivity index (χ0) is 21.1. The van der Waals surface area contributed by atoms with Gasteiger partial charge in [-0.15, -0.1) is 0 Å². The summed E-state index contributed by atoms with van der Waals surface area (Å²) in [5.41, 5.74) is 3.49. The molecule has 3 heterocycles. The Balaban J connectivity index is 0.000000687. The van der Waals surface area contributed by atoms with E-state index in [1.54, 1.807) is 30.6 Å². The van der Waals surface area contributed by atoms with Crippen molar-refractivity contribution >= 4 is 41.6 Å². The number of pyridine rings is 3. The van der Waals surface area contributed by atoms with Gasteiger partial charge in [-0.25, -0.2) is 4.98 Å². The average molecular weight is 536 g/mol. The van der Waals surface area contributed by atoms with Crippen molar-refractivity contribution in [3.8, 4) is 28.8 Å². The first-order valence-electron chi connectivity index (χ1n) is 7.77. The number of nitriles is 1. The number of halogens is 3. The van der Waals surface area contributed by atoms with Gasteiger partial charge in [0, 0.05) is 12.4 Å². The van der Waals surface area contributed by atoms with Gasteiger partial charge in [-0.05, 0) is 48.0 Å². The molecule has 0 atom stereocenters. The van der Waals surface area contributed by atoms with Crippen molar-refractivity contribution in [2.24, 2.45) is 0 Å². The minimum absolute atomic E-state index is 0.0951. The monoisotopic (exact) mass is 535 g/mol. The Morgan fingerprint density at radius 1 is 0.966 bits per heavy atom. The van der Waals surface area contributed by atoms with Crippen LogP contribution in [0.5, 0.6) is 0 Å². The standard InChI is InChI=1S/C19H12N4O2.3ClH.Ru/c20-12-15(25-13-24)10-14-7-9-22-19(11-14)18-6-3-5-17(23-18)16-4-1-2-8-21-16;;;;/h1-11,13H;3*1H;/q;;;;+3/p-3/b15-10+;;;;. The summed E-state index contributed by atoms with van der Waals surface area (Å²) in [5.74, 6) is -0.0951. The summed E-state index contributed by atoms with van der Waals surface area (Å²) in [4.78, 5) is 23.6. The summed E-state index contributed by atoms with van der Waals surface area (Å²) in [6.07, 6.45) is 4.78. The molecule has 0 aromatic carbocycles. The maximum absolute atomic E-state index is 10.4. The molecular weight excluding hydrogens is 524 g/mol. The maximum atomic E-state index is 10.4. The van der Waals surface area contributed by atoms with Crippen LogP contribution in [0, 0.1) is 11.3 Å². The number of allylic oxidation sites excluding steroid dienone is 1. The average Bonchev–Trinajstić information content (AvgIpc) is 2.74. The van der Waals surface area contributed by atoms with Gasteiger partial charge < -0.3 is 4.74 Å². The molecule has 29 heavy (non-hydrogen) atoms. The molecule has 0 aliphatic heterocycles. The molecule has 0 amide bonds.